The minimum absolute atomic E-state index is 0.157. The Balaban J connectivity index is 1.43. The number of likely N-dealkylation sites (N-methyl/N-ethyl adjacent to an activating group) is 1. The van der Waals surface area contributed by atoms with Gasteiger partial charge in [-0.05, 0) is 50.8 Å². The fourth-order valence-corrected chi connectivity index (χ4v) is 7.84. The summed E-state index contributed by atoms with van der Waals surface area (Å²) in [7, 11) is 1.73. The summed E-state index contributed by atoms with van der Waals surface area (Å²) in [6, 6.07) is 8.25. The van der Waals surface area contributed by atoms with E-state index in [4.69, 9.17) is 4.74 Å². The second-order valence-electron chi connectivity index (χ2n) is 11.3. The molecule has 2 bridgehead atoms. The van der Waals surface area contributed by atoms with Crippen molar-refractivity contribution >= 4 is 17.7 Å². The van der Waals surface area contributed by atoms with Gasteiger partial charge in [-0.3, -0.25) is 19.8 Å². The van der Waals surface area contributed by atoms with Crippen molar-refractivity contribution in [3.8, 4) is 11.5 Å². The van der Waals surface area contributed by atoms with Gasteiger partial charge in [0.15, 0.2) is 11.5 Å². The molecule has 6 rings (SSSR count). The standard InChI is InChI=1S/C30H33N3O6/c1-4-13-32-14-12-29-26-20-16-24(32)30(29,36)11-10-21(28(29)39-27(26)23(34)17-22(20)33(37)38)31(3)25(35)9-8-19-7-5-6-18(2)15-19/h4-9,15,17,21,24,28,34,36H,1,10-14,16H2,2-3H3/t21-,24-,28+,29+,30-/m1/s1. The number of nitrogens with zero attached hydrogens (tertiary/aromatic N) is 3. The van der Waals surface area contributed by atoms with E-state index < -0.39 is 28.1 Å². The number of amides is 1. The Kier molecular flexibility index (Phi) is 5.85. The number of phenols is 1. The first-order valence-corrected chi connectivity index (χ1v) is 13.4. The third-order valence-electron chi connectivity index (χ3n) is 9.51. The largest absolute Gasteiger partial charge is 0.504 e. The third kappa shape index (κ3) is 3.49. The van der Waals surface area contributed by atoms with Crippen LogP contribution in [-0.4, -0.2) is 74.8 Å². The molecule has 2 aromatic carbocycles. The number of hydrogen-bond acceptors (Lipinski definition) is 7. The minimum Gasteiger partial charge on any atom is -0.504 e. The Labute approximate surface area is 227 Å². The molecule has 2 N–H and O–H groups in total. The highest BCUT2D eigenvalue weighted by Gasteiger charge is 2.74. The summed E-state index contributed by atoms with van der Waals surface area (Å²) in [6.07, 6.45) is 6.11. The zero-order valence-electron chi connectivity index (χ0n) is 22.2. The van der Waals surface area contributed by atoms with Crippen LogP contribution in [0.15, 0.2) is 49.1 Å². The van der Waals surface area contributed by atoms with E-state index >= 15 is 0 Å². The van der Waals surface area contributed by atoms with Crippen molar-refractivity contribution < 1.29 is 24.7 Å². The Bertz CT molecular complexity index is 1420. The molecule has 9 nitrogen and oxygen atoms in total. The van der Waals surface area contributed by atoms with E-state index in [-0.39, 0.29) is 35.6 Å². The summed E-state index contributed by atoms with van der Waals surface area (Å²) >= 11 is 0. The first-order valence-electron chi connectivity index (χ1n) is 13.4. The second-order valence-corrected chi connectivity index (χ2v) is 11.3. The van der Waals surface area contributed by atoms with Crippen LogP contribution in [0.5, 0.6) is 11.5 Å². The highest BCUT2D eigenvalue weighted by Crippen LogP contribution is 2.67. The maximum atomic E-state index is 13.4. The summed E-state index contributed by atoms with van der Waals surface area (Å²) in [5.74, 6) is -0.293. The van der Waals surface area contributed by atoms with Gasteiger partial charge in [-0.2, -0.15) is 0 Å². The van der Waals surface area contributed by atoms with Crippen molar-refractivity contribution in [3.05, 3.63) is 81.4 Å². The van der Waals surface area contributed by atoms with E-state index in [2.05, 4.69) is 11.5 Å². The monoisotopic (exact) mass is 531 g/mol. The fourth-order valence-electron chi connectivity index (χ4n) is 7.84. The average Bonchev–Trinajstić information content (AvgIpc) is 3.25. The summed E-state index contributed by atoms with van der Waals surface area (Å²) in [5.41, 5.74) is 0.695. The van der Waals surface area contributed by atoms with Crippen LogP contribution in [-0.2, 0) is 16.6 Å². The predicted molar refractivity (Wildman–Crippen MR) is 146 cm³/mol. The summed E-state index contributed by atoms with van der Waals surface area (Å²) in [6.45, 7) is 7.05. The Morgan fingerprint density at radius 1 is 1.36 bits per heavy atom. The molecule has 39 heavy (non-hydrogen) atoms. The molecule has 2 heterocycles. The summed E-state index contributed by atoms with van der Waals surface area (Å²) < 4.78 is 6.48. The minimum atomic E-state index is -1.24. The van der Waals surface area contributed by atoms with Crippen LogP contribution < -0.4 is 4.74 Å². The number of piperidine rings is 1. The van der Waals surface area contributed by atoms with Crippen LogP contribution in [0.1, 0.15) is 41.5 Å². The molecule has 204 valence electrons. The molecule has 1 saturated carbocycles. The van der Waals surface area contributed by atoms with E-state index in [0.717, 1.165) is 17.2 Å². The molecule has 0 radical (unpaired) electrons. The van der Waals surface area contributed by atoms with Crippen molar-refractivity contribution in [2.75, 3.05) is 20.1 Å². The summed E-state index contributed by atoms with van der Waals surface area (Å²) in [4.78, 5) is 28.8. The zero-order valence-corrected chi connectivity index (χ0v) is 22.2. The van der Waals surface area contributed by atoms with Gasteiger partial charge >= 0.3 is 0 Å². The van der Waals surface area contributed by atoms with Crippen LogP contribution >= 0.6 is 0 Å². The lowest BCUT2D eigenvalue weighted by Gasteiger charge is -2.64. The SMILES string of the molecule is C=CCN1CC[C@]23c4c5c([N+](=O)[O-])cc(O)c4O[C@H]2[C@H](N(C)C(=O)C=Cc2cccc(C)c2)CC[C@@]3(O)[C@H]1C5. The molecule has 1 saturated heterocycles. The van der Waals surface area contributed by atoms with Gasteiger partial charge in [0.2, 0.25) is 5.91 Å². The molecule has 2 aliphatic heterocycles. The molecule has 5 atom stereocenters. The molecule has 1 spiro atoms. The predicted octanol–water partition coefficient (Wildman–Crippen LogP) is 3.49. The number of rotatable bonds is 6. The first kappa shape index (κ1) is 25.6. The van der Waals surface area contributed by atoms with Crippen molar-refractivity contribution in [1.29, 1.82) is 0 Å². The van der Waals surface area contributed by atoms with Crippen molar-refractivity contribution in [2.45, 2.75) is 61.8 Å². The number of likely N-dealkylation sites (tertiary alicyclic amines) is 1. The van der Waals surface area contributed by atoms with Crippen LogP contribution in [0.4, 0.5) is 5.69 Å². The molecular weight excluding hydrogens is 498 g/mol. The summed E-state index contributed by atoms with van der Waals surface area (Å²) in [5, 5.41) is 35.5. The quantitative estimate of drug-likeness (QED) is 0.254. The van der Waals surface area contributed by atoms with Gasteiger partial charge in [-0.1, -0.05) is 35.9 Å². The molecule has 4 aliphatic rings. The number of aromatic hydroxyl groups is 1. The van der Waals surface area contributed by atoms with Crippen molar-refractivity contribution in [3.63, 3.8) is 0 Å². The number of aryl methyl sites for hydroxylation is 1. The molecule has 0 unspecified atom stereocenters. The fraction of sp³-hybridized carbons (Fsp3) is 0.433. The van der Waals surface area contributed by atoms with Gasteiger partial charge in [0.05, 0.1) is 28.0 Å². The Morgan fingerprint density at radius 2 is 2.15 bits per heavy atom. The molecule has 9 heteroatoms. The van der Waals surface area contributed by atoms with Crippen molar-refractivity contribution in [1.82, 2.24) is 9.80 Å². The van der Waals surface area contributed by atoms with Gasteiger partial charge in [-0.25, -0.2) is 0 Å². The van der Waals surface area contributed by atoms with E-state index in [0.29, 0.717) is 43.5 Å². The van der Waals surface area contributed by atoms with Crippen LogP contribution in [0, 0.1) is 17.0 Å². The number of carbonyl (C=O) groups excluding carboxylic acids is 1. The number of benzene rings is 2. The number of carbonyl (C=O) groups is 1. The number of aliphatic hydroxyl groups is 1. The topological polar surface area (TPSA) is 116 Å². The van der Waals surface area contributed by atoms with Crippen LogP contribution in [0.3, 0.4) is 0 Å². The van der Waals surface area contributed by atoms with E-state index in [1.165, 1.54) is 0 Å². The average molecular weight is 532 g/mol. The second kappa shape index (κ2) is 8.93. The lowest BCUT2D eigenvalue weighted by Crippen LogP contribution is -2.78. The highest BCUT2D eigenvalue weighted by molar-refractivity contribution is 5.92. The first-order chi connectivity index (χ1) is 18.6. The van der Waals surface area contributed by atoms with Crippen LogP contribution in [0.25, 0.3) is 6.08 Å². The normalized spacial score (nSPS) is 30.5. The molecular formula is C30H33N3O6. The lowest BCUT2D eigenvalue weighted by atomic mass is 9.48. The highest BCUT2D eigenvalue weighted by atomic mass is 16.6. The maximum absolute atomic E-state index is 13.4. The number of hydrogen-bond donors (Lipinski definition) is 2. The number of nitro groups is 1. The van der Waals surface area contributed by atoms with E-state index in [1.54, 1.807) is 30.2 Å². The third-order valence-corrected chi connectivity index (χ3v) is 9.51. The Hall–Kier alpha value is -3.69. The molecule has 0 aromatic heterocycles. The van der Waals surface area contributed by atoms with Gasteiger partial charge in [0, 0.05) is 36.8 Å². The van der Waals surface area contributed by atoms with Gasteiger partial charge in [-0.15, -0.1) is 6.58 Å². The molecule has 2 aromatic rings. The van der Waals surface area contributed by atoms with E-state index in [9.17, 15) is 25.1 Å². The Morgan fingerprint density at radius 3 is 2.87 bits per heavy atom. The maximum Gasteiger partial charge on any atom is 0.276 e. The number of phenolic OH excluding ortho intramolecular Hbond substituents is 1. The van der Waals surface area contributed by atoms with Crippen LogP contribution in [0.2, 0.25) is 0 Å². The van der Waals surface area contributed by atoms with Gasteiger partial charge in [0.1, 0.15) is 6.10 Å². The smallest absolute Gasteiger partial charge is 0.276 e. The van der Waals surface area contributed by atoms with Gasteiger partial charge in [0.25, 0.3) is 5.69 Å². The number of ether oxygens (including phenoxy) is 1. The van der Waals surface area contributed by atoms with Gasteiger partial charge < -0.3 is 19.8 Å². The number of nitro benzene ring substituents is 1. The van der Waals surface area contributed by atoms with E-state index in [1.807, 2.05) is 31.2 Å². The lowest BCUT2D eigenvalue weighted by molar-refractivity contribution is -0.386. The molecule has 1 amide bonds. The molecule has 2 aliphatic carbocycles. The molecule has 2 fully saturated rings. The zero-order chi connectivity index (χ0) is 27.7. The van der Waals surface area contributed by atoms with Crippen molar-refractivity contribution in [2.24, 2.45) is 0 Å².